The molecule has 1 aromatic carbocycles. The van der Waals surface area contributed by atoms with Crippen molar-refractivity contribution in [2.45, 2.75) is 6.18 Å². The van der Waals surface area contributed by atoms with Gasteiger partial charge in [-0.2, -0.15) is 13.2 Å². The van der Waals surface area contributed by atoms with Gasteiger partial charge in [-0.05, 0) is 18.2 Å². The van der Waals surface area contributed by atoms with Gasteiger partial charge < -0.3 is 15.4 Å². The molecule has 0 amide bonds. The van der Waals surface area contributed by atoms with Gasteiger partial charge in [-0.15, -0.1) is 0 Å². The number of benzene rings is 1. The third-order valence-corrected chi connectivity index (χ3v) is 2.87. The van der Waals surface area contributed by atoms with E-state index in [4.69, 9.17) is 10.5 Å². The van der Waals surface area contributed by atoms with Crippen molar-refractivity contribution in [3.05, 3.63) is 29.3 Å². The molecule has 0 aliphatic rings. The quantitative estimate of drug-likeness (QED) is 0.846. The monoisotopic (exact) mass is 292 g/mol. The number of thiocarbonyl (C=S) groups is 1. The molecule has 0 aliphatic heterocycles. The summed E-state index contributed by atoms with van der Waals surface area (Å²) in [5, 5.41) is 0. The molecule has 7 heteroatoms. The number of alkyl halides is 3. The summed E-state index contributed by atoms with van der Waals surface area (Å²) in [4.78, 5) is 1.50. The third kappa shape index (κ3) is 4.07. The van der Waals surface area contributed by atoms with Gasteiger partial charge in [0.25, 0.3) is 0 Å². The number of nitrogens with two attached hydrogens (primary N) is 1. The summed E-state index contributed by atoms with van der Waals surface area (Å²) in [6, 6.07) is 3.73. The lowest BCUT2D eigenvalue weighted by Gasteiger charge is -2.21. The normalized spacial score (nSPS) is 11.4. The van der Waals surface area contributed by atoms with Crippen LogP contribution in [0, 0.1) is 0 Å². The number of methoxy groups -OCH3 is 1. The SMILES string of the molecule is COCCN(C)c1ccc(C(F)(F)F)c(C(N)=S)c1. The van der Waals surface area contributed by atoms with Crippen molar-refractivity contribution in [3.8, 4) is 0 Å². The van der Waals surface area contributed by atoms with Crippen LogP contribution in [0.2, 0.25) is 0 Å². The first-order valence-electron chi connectivity index (χ1n) is 5.48. The van der Waals surface area contributed by atoms with Gasteiger partial charge in [0.2, 0.25) is 0 Å². The molecule has 0 bridgehead atoms. The van der Waals surface area contributed by atoms with Crippen LogP contribution < -0.4 is 10.6 Å². The topological polar surface area (TPSA) is 38.5 Å². The maximum Gasteiger partial charge on any atom is 0.417 e. The van der Waals surface area contributed by atoms with Crippen LogP contribution >= 0.6 is 12.2 Å². The second kappa shape index (κ2) is 6.21. The van der Waals surface area contributed by atoms with Crippen LogP contribution in [0.25, 0.3) is 0 Å². The van der Waals surface area contributed by atoms with E-state index in [1.807, 2.05) is 0 Å². The van der Waals surface area contributed by atoms with E-state index < -0.39 is 11.7 Å². The summed E-state index contributed by atoms with van der Waals surface area (Å²) in [5.41, 5.74) is 4.99. The van der Waals surface area contributed by atoms with Gasteiger partial charge in [-0.1, -0.05) is 12.2 Å². The predicted molar refractivity (Wildman–Crippen MR) is 72.5 cm³/mol. The lowest BCUT2D eigenvalue weighted by atomic mass is 10.1. The van der Waals surface area contributed by atoms with E-state index in [-0.39, 0.29) is 10.6 Å². The first-order chi connectivity index (χ1) is 8.77. The molecule has 0 heterocycles. The maximum absolute atomic E-state index is 12.8. The highest BCUT2D eigenvalue weighted by molar-refractivity contribution is 7.80. The van der Waals surface area contributed by atoms with Gasteiger partial charge >= 0.3 is 6.18 Å². The van der Waals surface area contributed by atoms with Crippen molar-refractivity contribution in [1.29, 1.82) is 0 Å². The minimum absolute atomic E-state index is 0.163. The largest absolute Gasteiger partial charge is 0.417 e. The van der Waals surface area contributed by atoms with Crippen molar-refractivity contribution in [3.63, 3.8) is 0 Å². The lowest BCUT2D eigenvalue weighted by Crippen LogP contribution is -2.24. The summed E-state index contributed by atoms with van der Waals surface area (Å²) in [7, 11) is 3.31. The summed E-state index contributed by atoms with van der Waals surface area (Å²) < 4.78 is 43.3. The van der Waals surface area contributed by atoms with Crippen LogP contribution in [0.1, 0.15) is 11.1 Å². The van der Waals surface area contributed by atoms with Crippen LogP contribution in [-0.2, 0) is 10.9 Å². The number of halogens is 3. The molecule has 0 unspecified atom stereocenters. The fourth-order valence-electron chi connectivity index (χ4n) is 1.58. The smallest absolute Gasteiger partial charge is 0.389 e. The van der Waals surface area contributed by atoms with Crippen molar-refractivity contribution >= 4 is 22.9 Å². The predicted octanol–water partition coefficient (Wildman–Crippen LogP) is 2.42. The van der Waals surface area contributed by atoms with Gasteiger partial charge in [0.15, 0.2) is 0 Å². The number of nitrogens with zero attached hydrogens (tertiary/aromatic N) is 1. The van der Waals surface area contributed by atoms with E-state index >= 15 is 0 Å². The highest BCUT2D eigenvalue weighted by Gasteiger charge is 2.34. The first-order valence-corrected chi connectivity index (χ1v) is 5.89. The molecular weight excluding hydrogens is 277 g/mol. The second-order valence-electron chi connectivity index (χ2n) is 4.01. The van der Waals surface area contributed by atoms with E-state index in [2.05, 4.69) is 12.2 Å². The Morgan fingerprint density at radius 2 is 2.05 bits per heavy atom. The minimum Gasteiger partial charge on any atom is -0.389 e. The Balaban J connectivity index is 3.13. The molecule has 0 atom stereocenters. The van der Waals surface area contributed by atoms with Gasteiger partial charge in [0, 0.05) is 32.0 Å². The van der Waals surface area contributed by atoms with E-state index in [1.54, 1.807) is 19.1 Å². The van der Waals surface area contributed by atoms with Crippen LogP contribution in [0.4, 0.5) is 18.9 Å². The molecule has 19 heavy (non-hydrogen) atoms. The average Bonchev–Trinajstić information content (AvgIpc) is 2.34. The molecule has 3 nitrogen and oxygen atoms in total. The van der Waals surface area contributed by atoms with Crippen LogP contribution in [0.3, 0.4) is 0 Å². The molecule has 0 aromatic heterocycles. The molecule has 2 N–H and O–H groups in total. The van der Waals surface area contributed by atoms with Gasteiger partial charge in [0.05, 0.1) is 12.2 Å². The molecule has 1 aromatic rings. The Kier molecular flexibility index (Phi) is 5.13. The second-order valence-corrected chi connectivity index (χ2v) is 4.45. The number of hydrogen-bond donors (Lipinski definition) is 1. The lowest BCUT2D eigenvalue weighted by molar-refractivity contribution is -0.137. The summed E-state index contributed by atoms with van der Waals surface area (Å²) >= 11 is 4.69. The molecular formula is C12H15F3N2OS. The van der Waals surface area contributed by atoms with Gasteiger partial charge in [0.1, 0.15) is 4.99 Å². The van der Waals surface area contributed by atoms with Crippen molar-refractivity contribution < 1.29 is 17.9 Å². The fraction of sp³-hybridized carbons (Fsp3) is 0.417. The average molecular weight is 292 g/mol. The van der Waals surface area contributed by atoms with Crippen LogP contribution in [-0.4, -0.2) is 32.3 Å². The number of ether oxygens (including phenoxy) is 1. The number of hydrogen-bond acceptors (Lipinski definition) is 3. The maximum atomic E-state index is 12.8. The Bertz CT molecular complexity index is 463. The molecule has 0 aliphatic carbocycles. The Morgan fingerprint density at radius 3 is 2.53 bits per heavy atom. The molecule has 106 valence electrons. The van der Waals surface area contributed by atoms with E-state index in [0.29, 0.717) is 18.8 Å². The summed E-state index contributed by atoms with van der Waals surface area (Å²) in [5.74, 6) is 0. The zero-order valence-corrected chi connectivity index (χ0v) is 11.4. The highest BCUT2D eigenvalue weighted by atomic mass is 32.1. The van der Waals surface area contributed by atoms with E-state index in [1.165, 1.54) is 12.1 Å². The number of likely N-dealkylation sites (N-methyl/N-ethyl adjacent to an activating group) is 1. The highest BCUT2D eigenvalue weighted by Crippen LogP contribution is 2.33. The molecule has 0 fully saturated rings. The number of anilines is 1. The molecule has 0 saturated carbocycles. The first kappa shape index (κ1) is 15.7. The molecule has 0 spiro atoms. The Morgan fingerprint density at radius 1 is 1.42 bits per heavy atom. The molecule has 0 radical (unpaired) electrons. The zero-order valence-electron chi connectivity index (χ0n) is 10.6. The summed E-state index contributed by atoms with van der Waals surface area (Å²) in [6.07, 6.45) is -4.47. The molecule has 1 rings (SSSR count). The third-order valence-electron chi connectivity index (χ3n) is 2.65. The van der Waals surface area contributed by atoms with E-state index in [0.717, 1.165) is 6.07 Å². The van der Waals surface area contributed by atoms with Crippen molar-refractivity contribution in [1.82, 2.24) is 0 Å². The van der Waals surface area contributed by atoms with Gasteiger partial charge in [-0.3, -0.25) is 0 Å². The van der Waals surface area contributed by atoms with Crippen molar-refractivity contribution in [2.24, 2.45) is 5.73 Å². The number of rotatable bonds is 5. The van der Waals surface area contributed by atoms with Gasteiger partial charge in [-0.25, -0.2) is 0 Å². The van der Waals surface area contributed by atoms with Crippen LogP contribution in [0.5, 0.6) is 0 Å². The molecule has 0 saturated heterocycles. The minimum atomic E-state index is -4.47. The fourth-order valence-corrected chi connectivity index (χ4v) is 1.75. The van der Waals surface area contributed by atoms with Crippen LogP contribution in [0.15, 0.2) is 18.2 Å². The standard InChI is InChI=1S/C12H15F3N2OS/c1-17(5-6-18-2)8-3-4-10(12(13,14)15)9(7-8)11(16)19/h3-4,7H,5-6H2,1-2H3,(H2,16,19). The Hall–Kier alpha value is -1.34. The Labute approximate surface area is 115 Å². The summed E-state index contributed by atoms with van der Waals surface area (Å²) in [6.45, 7) is 1.03. The van der Waals surface area contributed by atoms with Crippen molar-refractivity contribution in [2.75, 3.05) is 32.2 Å². The zero-order chi connectivity index (χ0) is 14.6. The van der Waals surface area contributed by atoms with E-state index in [9.17, 15) is 13.2 Å².